The molecule has 0 saturated heterocycles. The van der Waals surface area contributed by atoms with Gasteiger partial charge in [0, 0.05) is 29.1 Å². The third kappa shape index (κ3) is 4.12. The zero-order chi connectivity index (χ0) is 22.1. The van der Waals surface area contributed by atoms with Gasteiger partial charge in [0.2, 0.25) is 24.4 Å². The van der Waals surface area contributed by atoms with Gasteiger partial charge in [-0.05, 0) is 36.4 Å². The number of hydrogen-bond donors (Lipinski definition) is 1. The molecule has 2 aliphatic rings. The monoisotopic (exact) mass is 453 g/mol. The van der Waals surface area contributed by atoms with E-state index in [0.717, 1.165) is 5.01 Å². The fourth-order valence-electron chi connectivity index (χ4n) is 3.28. The number of hydrazone groups is 1. The van der Waals surface area contributed by atoms with Gasteiger partial charge in [0.25, 0.3) is 5.89 Å². The summed E-state index contributed by atoms with van der Waals surface area (Å²) >= 11 is 5.93. The summed E-state index contributed by atoms with van der Waals surface area (Å²) in [4.78, 5) is 29.0. The average molecular weight is 454 g/mol. The van der Waals surface area contributed by atoms with E-state index in [-0.39, 0.29) is 31.6 Å². The molecule has 0 radical (unpaired) electrons. The Kier molecular flexibility index (Phi) is 5.20. The molecule has 0 atom stereocenters. The fraction of sp³-hybridized carbons (Fsp3) is 0.190. The molecule has 0 bridgehead atoms. The first-order valence-electron chi connectivity index (χ1n) is 9.72. The Hall–Kier alpha value is -3.92. The normalized spacial score (nSPS) is 15.0. The summed E-state index contributed by atoms with van der Waals surface area (Å²) < 4.78 is 16.0. The number of halogens is 1. The van der Waals surface area contributed by atoms with Crippen molar-refractivity contribution in [2.75, 3.05) is 18.7 Å². The topological polar surface area (TPSA) is 119 Å². The predicted octanol–water partition coefficient (Wildman–Crippen LogP) is 3.08. The molecule has 162 valence electrons. The van der Waals surface area contributed by atoms with Crippen LogP contribution in [0.3, 0.4) is 0 Å². The van der Waals surface area contributed by atoms with Crippen molar-refractivity contribution in [2.24, 2.45) is 5.10 Å². The second-order valence-electron chi connectivity index (χ2n) is 7.05. The van der Waals surface area contributed by atoms with Gasteiger partial charge in [-0.25, -0.2) is 5.01 Å². The number of rotatable bonds is 5. The molecule has 0 aliphatic carbocycles. The highest BCUT2D eigenvalue weighted by Gasteiger charge is 2.27. The highest BCUT2D eigenvalue weighted by Crippen LogP contribution is 2.35. The molecule has 2 aliphatic heterocycles. The van der Waals surface area contributed by atoms with Crippen molar-refractivity contribution in [1.82, 2.24) is 15.1 Å². The van der Waals surface area contributed by atoms with Gasteiger partial charge >= 0.3 is 0 Å². The van der Waals surface area contributed by atoms with Crippen molar-refractivity contribution in [3.05, 3.63) is 53.4 Å². The summed E-state index contributed by atoms with van der Waals surface area (Å²) in [6, 6.07) is 12.0. The number of nitrogens with zero attached hydrogens (tertiary/aromatic N) is 4. The van der Waals surface area contributed by atoms with Crippen LogP contribution >= 0.6 is 11.6 Å². The smallest absolute Gasteiger partial charge is 0.274 e. The third-order valence-corrected chi connectivity index (χ3v) is 5.05. The lowest BCUT2D eigenvalue weighted by Crippen LogP contribution is -2.38. The average Bonchev–Trinajstić information content (AvgIpc) is 3.44. The van der Waals surface area contributed by atoms with E-state index in [1.54, 1.807) is 42.5 Å². The Balaban J connectivity index is 1.31. The first-order chi connectivity index (χ1) is 15.5. The molecule has 0 spiro atoms. The minimum absolute atomic E-state index is 0.168. The summed E-state index contributed by atoms with van der Waals surface area (Å²) in [6.45, 7) is -0.0835. The molecule has 3 aromatic rings. The van der Waals surface area contributed by atoms with E-state index in [9.17, 15) is 9.59 Å². The first kappa shape index (κ1) is 20.0. The maximum Gasteiger partial charge on any atom is 0.274 e. The molecule has 10 nitrogen and oxygen atoms in total. The minimum Gasteiger partial charge on any atom is -0.454 e. The molecule has 0 fully saturated rings. The Morgan fingerprint density at radius 2 is 2.00 bits per heavy atom. The van der Waals surface area contributed by atoms with Crippen LogP contribution < -0.4 is 14.8 Å². The number of anilines is 1. The number of aromatic nitrogens is 2. The Bertz CT molecular complexity index is 1240. The highest BCUT2D eigenvalue weighted by molar-refractivity contribution is 6.30. The number of fused-ring (bicyclic) bond motifs is 1. The van der Waals surface area contributed by atoms with E-state index in [1.165, 1.54) is 0 Å². The summed E-state index contributed by atoms with van der Waals surface area (Å²) in [5, 5.41) is 12.6. The van der Waals surface area contributed by atoms with Crippen LogP contribution in [0.5, 0.6) is 11.5 Å². The van der Waals surface area contributed by atoms with Crippen molar-refractivity contribution in [1.29, 1.82) is 0 Å². The van der Waals surface area contributed by atoms with Gasteiger partial charge in [0.1, 0.15) is 12.3 Å². The van der Waals surface area contributed by atoms with Gasteiger partial charge in [-0.1, -0.05) is 22.8 Å². The Labute approximate surface area is 186 Å². The zero-order valence-corrected chi connectivity index (χ0v) is 17.3. The molecule has 5 rings (SSSR count). The maximum atomic E-state index is 12.4. The number of amides is 2. The number of ether oxygens (including phenoxy) is 2. The summed E-state index contributed by atoms with van der Waals surface area (Å²) in [7, 11) is 0. The Morgan fingerprint density at radius 1 is 1.12 bits per heavy atom. The molecule has 1 aromatic heterocycles. The highest BCUT2D eigenvalue weighted by atomic mass is 35.5. The number of nitrogens with one attached hydrogen (secondary N) is 1. The fourth-order valence-corrected chi connectivity index (χ4v) is 3.47. The Morgan fingerprint density at radius 3 is 2.88 bits per heavy atom. The zero-order valence-electron chi connectivity index (χ0n) is 16.6. The van der Waals surface area contributed by atoms with Crippen molar-refractivity contribution in [3.8, 4) is 22.9 Å². The van der Waals surface area contributed by atoms with Gasteiger partial charge in [0.05, 0.1) is 0 Å². The SMILES string of the molecule is O=C(CN1N=C(c2nc(-c3ccc4c(c3)OCO4)no2)CCC1=O)Nc1cccc(Cl)c1. The molecule has 3 heterocycles. The number of carbonyl (C=O) groups excluding carboxylic acids is 2. The van der Waals surface area contributed by atoms with Crippen molar-refractivity contribution in [3.63, 3.8) is 0 Å². The molecule has 2 amide bonds. The maximum absolute atomic E-state index is 12.4. The molecular weight excluding hydrogens is 438 g/mol. The second-order valence-corrected chi connectivity index (χ2v) is 7.48. The van der Waals surface area contributed by atoms with E-state index in [4.69, 9.17) is 25.6 Å². The first-order valence-corrected chi connectivity index (χ1v) is 10.1. The summed E-state index contributed by atoms with van der Waals surface area (Å²) in [5.41, 5.74) is 1.65. The van der Waals surface area contributed by atoms with Gasteiger partial charge in [-0.2, -0.15) is 10.1 Å². The quantitative estimate of drug-likeness (QED) is 0.630. The van der Waals surface area contributed by atoms with E-state index in [1.807, 2.05) is 0 Å². The van der Waals surface area contributed by atoms with Crippen LogP contribution in [-0.2, 0) is 9.59 Å². The van der Waals surface area contributed by atoms with E-state index < -0.39 is 5.91 Å². The number of hydrogen-bond acceptors (Lipinski definition) is 8. The van der Waals surface area contributed by atoms with Crippen molar-refractivity contribution in [2.45, 2.75) is 12.8 Å². The lowest BCUT2D eigenvalue weighted by Gasteiger charge is -2.21. The summed E-state index contributed by atoms with van der Waals surface area (Å²) in [5.74, 6) is 1.11. The second kappa shape index (κ2) is 8.31. The predicted molar refractivity (Wildman–Crippen MR) is 113 cm³/mol. The standard InChI is InChI=1S/C21H16ClN5O5/c22-13-2-1-3-14(9-13)23-18(28)10-27-19(29)7-5-15(25-27)21-24-20(26-32-21)12-4-6-16-17(8-12)31-11-30-16/h1-4,6,8-9H,5,7,10-11H2,(H,23,28). The lowest BCUT2D eigenvalue weighted by atomic mass is 10.1. The number of carbonyl (C=O) groups is 2. The largest absolute Gasteiger partial charge is 0.454 e. The molecule has 32 heavy (non-hydrogen) atoms. The van der Waals surface area contributed by atoms with Gasteiger partial charge in [-0.3, -0.25) is 9.59 Å². The van der Waals surface area contributed by atoms with Crippen LogP contribution in [0.1, 0.15) is 18.7 Å². The molecule has 11 heteroatoms. The molecule has 0 saturated carbocycles. The van der Waals surface area contributed by atoms with Crippen LogP contribution in [0.4, 0.5) is 5.69 Å². The van der Waals surface area contributed by atoms with E-state index >= 15 is 0 Å². The molecule has 0 unspecified atom stereocenters. The molecule has 1 N–H and O–H groups in total. The van der Waals surface area contributed by atoms with Crippen molar-refractivity contribution < 1.29 is 23.6 Å². The van der Waals surface area contributed by atoms with Crippen LogP contribution in [0.25, 0.3) is 11.4 Å². The lowest BCUT2D eigenvalue weighted by molar-refractivity contribution is -0.135. The van der Waals surface area contributed by atoms with Crippen LogP contribution in [0.2, 0.25) is 5.02 Å². The molecule has 2 aromatic carbocycles. The minimum atomic E-state index is -0.405. The van der Waals surface area contributed by atoms with Gasteiger partial charge in [-0.15, -0.1) is 0 Å². The van der Waals surface area contributed by atoms with Crippen LogP contribution in [-0.4, -0.2) is 46.0 Å². The van der Waals surface area contributed by atoms with E-state index in [2.05, 4.69) is 20.6 Å². The summed E-state index contributed by atoms with van der Waals surface area (Å²) in [6.07, 6.45) is 0.499. The van der Waals surface area contributed by atoms with Gasteiger partial charge < -0.3 is 19.3 Å². The van der Waals surface area contributed by atoms with Gasteiger partial charge in [0.15, 0.2) is 11.5 Å². The van der Waals surface area contributed by atoms with Crippen LogP contribution in [0.15, 0.2) is 52.1 Å². The third-order valence-electron chi connectivity index (χ3n) is 4.81. The van der Waals surface area contributed by atoms with E-state index in [0.29, 0.717) is 45.7 Å². The van der Waals surface area contributed by atoms with Crippen LogP contribution in [0, 0.1) is 0 Å². The molecular formula is C21H16ClN5O5. The van der Waals surface area contributed by atoms with Crippen molar-refractivity contribution >= 4 is 34.8 Å². The number of benzene rings is 2.